The van der Waals surface area contributed by atoms with Gasteiger partial charge in [0.15, 0.2) is 17.2 Å². The molecule has 12 nitrogen and oxygen atoms in total. The van der Waals surface area contributed by atoms with Crippen molar-refractivity contribution in [1.29, 1.82) is 5.26 Å². The molecule has 3 N–H and O–H groups in total. The number of rotatable bonds is 8. The highest BCUT2D eigenvalue weighted by Crippen LogP contribution is 2.37. The molecule has 1 aliphatic heterocycles. The van der Waals surface area contributed by atoms with E-state index in [-0.39, 0.29) is 41.1 Å². The first-order chi connectivity index (χ1) is 20.6. The van der Waals surface area contributed by atoms with Gasteiger partial charge in [-0.15, -0.1) is 0 Å². The molecule has 0 bridgehead atoms. The number of alkyl halides is 3. The molecule has 0 saturated carbocycles. The number of aryl methyl sites for hydroxylation is 1. The summed E-state index contributed by atoms with van der Waals surface area (Å²) in [6, 6.07) is 6.21. The summed E-state index contributed by atoms with van der Waals surface area (Å²) < 4.78 is 43.7. The lowest BCUT2D eigenvalue weighted by Crippen LogP contribution is -2.53. The van der Waals surface area contributed by atoms with Gasteiger partial charge in [0.2, 0.25) is 5.91 Å². The number of hydrogen-bond donors (Lipinski definition) is 3. The zero-order valence-electron chi connectivity index (χ0n) is 23.4. The zero-order chi connectivity index (χ0) is 30.7. The van der Waals surface area contributed by atoms with Gasteiger partial charge >= 0.3 is 6.18 Å². The molecule has 1 atom stereocenters. The van der Waals surface area contributed by atoms with Crippen molar-refractivity contribution in [1.82, 2.24) is 39.7 Å². The molecule has 1 aliphatic rings. The average molecular weight is 595 g/mol. The van der Waals surface area contributed by atoms with Crippen molar-refractivity contribution in [2.45, 2.75) is 39.0 Å². The van der Waals surface area contributed by atoms with Crippen molar-refractivity contribution < 1.29 is 22.8 Å². The number of hydrogen-bond acceptors (Lipinski definition) is 8. The average Bonchev–Trinajstić information content (AvgIpc) is 3.62. The molecule has 1 aromatic carbocycles. The summed E-state index contributed by atoms with van der Waals surface area (Å²) in [6.45, 7) is 5.83. The van der Waals surface area contributed by atoms with E-state index in [0.29, 0.717) is 43.9 Å². The van der Waals surface area contributed by atoms with Gasteiger partial charge in [-0.1, -0.05) is 6.92 Å². The Morgan fingerprint density at radius 1 is 1.21 bits per heavy atom. The van der Waals surface area contributed by atoms with Crippen LogP contribution in [0.4, 0.5) is 24.7 Å². The van der Waals surface area contributed by atoms with Gasteiger partial charge in [0.05, 0.1) is 23.5 Å². The molecule has 0 unspecified atom stereocenters. The van der Waals surface area contributed by atoms with E-state index in [1.54, 1.807) is 36.1 Å². The third-order valence-corrected chi connectivity index (χ3v) is 7.11. The first kappa shape index (κ1) is 29.5. The first-order valence-electron chi connectivity index (χ1n) is 13.6. The van der Waals surface area contributed by atoms with Crippen LogP contribution in [0.5, 0.6) is 0 Å². The van der Waals surface area contributed by atoms with Crippen LogP contribution >= 0.6 is 0 Å². The molecule has 0 spiro atoms. The van der Waals surface area contributed by atoms with Gasteiger partial charge in [-0.2, -0.15) is 23.5 Å². The molecule has 4 aromatic rings. The Labute approximate surface area is 244 Å². The summed E-state index contributed by atoms with van der Waals surface area (Å²) >= 11 is 0. The summed E-state index contributed by atoms with van der Waals surface area (Å²) in [5.74, 6) is -0.222. The monoisotopic (exact) mass is 594 g/mol. The number of carbonyl (C=O) groups is 2. The van der Waals surface area contributed by atoms with E-state index in [1.807, 2.05) is 6.92 Å². The number of piperazine rings is 1. The number of nitriles is 1. The smallest absolute Gasteiger partial charge is 0.341 e. The van der Waals surface area contributed by atoms with Crippen LogP contribution < -0.4 is 16.0 Å². The highest BCUT2D eigenvalue weighted by atomic mass is 19.4. The Morgan fingerprint density at radius 3 is 2.67 bits per heavy atom. The van der Waals surface area contributed by atoms with E-state index in [4.69, 9.17) is 5.26 Å². The zero-order valence-corrected chi connectivity index (χ0v) is 23.4. The molecule has 0 radical (unpaired) electrons. The largest absolute Gasteiger partial charge is 0.435 e. The minimum absolute atomic E-state index is 0.128. The predicted octanol–water partition coefficient (Wildman–Crippen LogP) is 2.99. The lowest BCUT2D eigenvalue weighted by atomic mass is 10.0. The molecule has 0 aliphatic carbocycles. The van der Waals surface area contributed by atoms with Gasteiger partial charge in [-0.05, 0) is 37.1 Å². The summed E-state index contributed by atoms with van der Waals surface area (Å²) in [6.07, 6.45) is 1.15. The van der Waals surface area contributed by atoms with E-state index in [1.165, 1.54) is 29.2 Å². The molecule has 2 amide bonds. The number of nitrogens with zero attached hydrogens (tertiary/aromatic N) is 7. The molecule has 3 aromatic heterocycles. The van der Waals surface area contributed by atoms with E-state index in [9.17, 15) is 22.8 Å². The summed E-state index contributed by atoms with van der Waals surface area (Å²) in [4.78, 5) is 36.2. The Balaban J connectivity index is 1.38. The number of nitrogens with one attached hydrogen (secondary N) is 3. The van der Waals surface area contributed by atoms with Crippen molar-refractivity contribution in [3.63, 3.8) is 0 Å². The summed E-state index contributed by atoms with van der Waals surface area (Å²) in [5, 5.41) is 21.6. The lowest BCUT2D eigenvalue weighted by molar-refractivity contribution is -0.141. The molecule has 1 saturated heterocycles. The number of aromatic nitrogens is 5. The first-order valence-corrected chi connectivity index (χ1v) is 13.6. The van der Waals surface area contributed by atoms with Crippen molar-refractivity contribution in [2.24, 2.45) is 0 Å². The molecular formula is C28H29F3N10O2. The van der Waals surface area contributed by atoms with Gasteiger partial charge in [-0.3, -0.25) is 18.7 Å². The number of fused-ring (bicyclic) bond motifs is 1. The highest BCUT2D eigenvalue weighted by Gasteiger charge is 2.38. The maximum absolute atomic E-state index is 13.8. The number of amides is 2. The number of anilines is 2. The van der Waals surface area contributed by atoms with Crippen molar-refractivity contribution in [2.75, 3.05) is 31.5 Å². The number of carbonyl (C=O) groups excluding carboxylic acids is 2. The third-order valence-electron chi connectivity index (χ3n) is 7.11. The third kappa shape index (κ3) is 6.14. The molecule has 5 rings (SSSR count). The van der Waals surface area contributed by atoms with E-state index >= 15 is 0 Å². The fourth-order valence-corrected chi connectivity index (χ4v) is 5.00. The molecule has 4 heterocycles. The van der Waals surface area contributed by atoms with Crippen molar-refractivity contribution in [3.05, 3.63) is 59.8 Å². The van der Waals surface area contributed by atoms with Gasteiger partial charge in [0, 0.05) is 56.0 Å². The molecular weight excluding hydrogens is 565 g/mol. The van der Waals surface area contributed by atoms with Crippen LogP contribution in [0.1, 0.15) is 35.5 Å². The topological polar surface area (TPSA) is 145 Å². The van der Waals surface area contributed by atoms with Crippen molar-refractivity contribution >= 4 is 29.0 Å². The number of benzene rings is 1. The second-order valence-electron chi connectivity index (χ2n) is 9.98. The fourth-order valence-electron chi connectivity index (χ4n) is 5.00. The van der Waals surface area contributed by atoms with Crippen LogP contribution in [0.2, 0.25) is 0 Å². The number of halogens is 3. The molecule has 43 heavy (non-hydrogen) atoms. The summed E-state index contributed by atoms with van der Waals surface area (Å²) in [5.41, 5.74) is 0.779. The van der Waals surface area contributed by atoms with Gasteiger partial charge < -0.3 is 20.9 Å². The number of imidazole rings is 1. The van der Waals surface area contributed by atoms with Gasteiger partial charge in [0.1, 0.15) is 12.6 Å². The minimum Gasteiger partial charge on any atom is -0.341 e. The van der Waals surface area contributed by atoms with Crippen molar-refractivity contribution in [3.8, 4) is 17.3 Å². The minimum atomic E-state index is -4.74. The predicted molar refractivity (Wildman–Crippen MR) is 150 cm³/mol. The Bertz CT molecular complexity index is 1700. The quantitative estimate of drug-likeness (QED) is 0.282. The maximum atomic E-state index is 13.8. The van der Waals surface area contributed by atoms with Gasteiger partial charge in [0.25, 0.3) is 5.91 Å². The Morgan fingerprint density at radius 2 is 1.98 bits per heavy atom. The molecule has 224 valence electrons. The highest BCUT2D eigenvalue weighted by molar-refractivity contribution is 5.99. The Kier molecular flexibility index (Phi) is 8.31. The van der Waals surface area contributed by atoms with Crippen LogP contribution in [0.25, 0.3) is 16.9 Å². The van der Waals surface area contributed by atoms with E-state index < -0.39 is 17.9 Å². The SMILES string of the molecule is CCc1cc(Nc2nccn3c(-c4cn(CC#N)nc4C(F)(F)F)cnc23)ccc1C(=O)N[C@H](C)C(=O)N1CCNCC1. The fraction of sp³-hybridized carbons (Fsp3) is 0.357. The van der Waals surface area contributed by atoms with Crippen LogP contribution in [0.15, 0.2) is 43.0 Å². The summed E-state index contributed by atoms with van der Waals surface area (Å²) in [7, 11) is 0. The van der Waals surface area contributed by atoms with Crippen LogP contribution in [-0.2, 0) is 23.9 Å². The maximum Gasteiger partial charge on any atom is 0.435 e. The normalized spacial score (nSPS) is 14.4. The van der Waals surface area contributed by atoms with E-state index in [2.05, 4.69) is 31.0 Å². The standard InChI is InChI=1S/C28H29F3N10O2/c1-3-18-14-19(4-5-20(18)26(42)36-17(2)27(43)39-11-7-33-8-12-39)37-24-25-35-15-22(41(25)13-9-34-24)21-16-40(10-6-32)38-23(21)28(29,30)31/h4-5,9,13-17,33H,3,7-8,10-12H2,1-2H3,(H,34,37)(H,36,42)/t17-/m1/s1. The molecule has 15 heteroatoms. The Hall–Kier alpha value is -4.97. The van der Waals surface area contributed by atoms with Gasteiger partial charge in [-0.25, -0.2) is 9.97 Å². The second-order valence-corrected chi connectivity index (χ2v) is 9.98. The van der Waals surface area contributed by atoms with Crippen LogP contribution in [0.3, 0.4) is 0 Å². The van der Waals surface area contributed by atoms with Crippen LogP contribution in [-0.4, -0.2) is 73.1 Å². The van der Waals surface area contributed by atoms with Crippen LogP contribution in [0, 0.1) is 11.3 Å². The molecule has 1 fully saturated rings. The second kappa shape index (κ2) is 12.1. The lowest BCUT2D eigenvalue weighted by Gasteiger charge is -2.30. The van der Waals surface area contributed by atoms with E-state index in [0.717, 1.165) is 10.2 Å².